The smallest absolute Gasteiger partial charge is 0.273 e. The standard InChI is InChI=1S/C36H47FN8O3/c1-22-30(40-34(47)28-15-12-25(21-29(28)37)36(2,3)48)9-6-18-45(22)35-41-33(31(32(38)46)42-43-35)39-26-13-10-23(11-14-26)24-16-19-44(20-17-24)27-7-4-5-8-27/h10-15,21-22,24,27,30,48H,4-9,16-20H2,1-3H3,(H2,38,46)(H,40,47)(H,39,41,43)/t22-,30-/m1/s1. The summed E-state index contributed by atoms with van der Waals surface area (Å²) in [5.74, 6) is -0.957. The number of rotatable bonds is 9. The van der Waals surface area contributed by atoms with Crippen LogP contribution >= 0.6 is 0 Å². The van der Waals surface area contributed by atoms with Gasteiger partial charge in [-0.15, -0.1) is 10.2 Å². The second-order valence-electron chi connectivity index (χ2n) is 14.1. The fourth-order valence-electron chi connectivity index (χ4n) is 7.48. The third-order valence-electron chi connectivity index (χ3n) is 10.4. The fourth-order valence-corrected chi connectivity index (χ4v) is 7.48. The molecule has 3 fully saturated rings. The Kier molecular flexibility index (Phi) is 9.93. The quantitative estimate of drug-likeness (QED) is 0.249. The van der Waals surface area contributed by atoms with Crippen molar-refractivity contribution in [2.75, 3.05) is 29.9 Å². The van der Waals surface area contributed by atoms with Crippen LogP contribution in [0.4, 0.5) is 21.8 Å². The topological polar surface area (TPSA) is 150 Å². The van der Waals surface area contributed by atoms with E-state index < -0.39 is 23.2 Å². The number of halogens is 1. The number of anilines is 3. The van der Waals surface area contributed by atoms with Crippen molar-refractivity contribution in [2.45, 2.75) is 102 Å². The van der Waals surface area contributed by atoms with Crippen LogP contribution < -0.4 is 21.3 Å². The maximum absolute atomic E-state index is 14.9. The Morgan fingerprint density at radius 1 is 0.958 bits per heavy atom. The lowest BCUT2D eigenvalue weighted by molar-refractivity contribution is 0.0779. The lowest BCUT2D eigenvalue weighted by Gasteiger charge is -2.39. The van der Waals surface area contributed by atoms with Crippen LogP contribution in [-0.4, -0.2) is 74.8 Å². The zero-order valence-corrected chi connectivity index (χ0v) is 28.1. The molecule has 2 saturated heterocycles. The van der Waals surface area contributed by atoms with E-state index in [9.17, 15) is 19.1 Å². The van der Waals surface area contributed by atoms with E-state index in [0.29, 0.717) is 30.4 Å². The van der Waals surface area contributed by atoms with Gasteiger partial charge in [-0.05, 0) is 114 Å². The van der Waals surface area contributed by atoms with Gasteiger partial charge >= 0.3 is 0 Å². The Balaban J connectivity index is 1.12. The normalized spacial score (nSPS) is 21.3. The van der Waals surface area contributed by atoms with E-state index in [1.807, 2.05) is 24.0 Å². The van der Waals surface area contributed by atoms with Crippen LogP contribution in [0.2, 0.25) is 0 Å². The van der Waals surface area contributed by atoms with Crippen LogP contribution in [0.15, 0.2) is 42.5 Å². The summed E-state index contributed by atoms with van der Waals surface area (Å²) in [6, 6.07) is 12.6. The van der Waals surface area contributed by atoms with E-state index in [-0.39, 0.29) is 29.2 Å². The van der Waals surface area contributed by atoms with Crippen LogP contribution in [0.3, 0.4) is 0 Å². The van der Waals surface area contributed by atoms with Crippen molar-refractivity contribution in [3.05, 3.63) is 70.7 Å². The Morgan fingerprint density at radius 3 is 2.31 bits per heavy atom. The van der Waals surface area contributed by atoms with Gasteiger partial charge in [0.25, 0.3) is 11.8 Å². The number of primary amides is 1. The first-order chi connectivity index (χ1) is 23.0. The molecule has 0 radical (unpaired) electrons. The van der Waals surface area contributed by atoms with Crippen molar-refractivity contribution < 1.29 is 19.1 Å². The van der Waals surface area contributed by atoms with E-state index >= 15 is 0 Å². The molecule has 48 heavy (non-hydrogen) atoms. The van der Waals surface area contributed by atoms with Gasteiger partial charge in [-0.25, -0.2) is 4.39 Å². The molecule has 2 aromatic carbocycles. The van der Waals surface area contributed by atoms with Gasteiger partial charge < -0.3 is 31.3 Å². The number of piperidine rings is 2. The zero-order chi connectivity index (χ0) is 34.0. The largest absolute Gasteiger partial charge is 0.386 e. The molecule has 0 spiro atoms. The molecular weight excluding hydrogens is 611 g/mol. The van der Waals surface area contributed by atoms with Gasteiger partial charge in [-0.3, -0.25) is 9.59 Å². The molecule has 3 aromatic rings. The monoisotopic (exact) mass is 658 g/mol. The number of aromatic nitrogens is 3. The summed E-state index contributed by atoms with van der Waals surface area (Å²) < 4.78 is 14.9. The molecule has 1 aromatic heterocycles. The van der Waals surface area contributed by atoms with Gasteiger partial charge in [0, 0.05) is 30.4 Å². The molecule has 6 rings (SSSR count). The molecule has 2 atom stereocenters. The molecule has 11 nitrogen and oxygen atoms in total. The number of carbonyl (C=O) groups is 2. The van der Waals surface area contributed by atoms with Crippen molar-refractivity contribution in [1.82, 2.24) is 25.4 Å². The van der Waals surface area contributed by atoms with Crippen LogP contribution in [0.5, 0.6) is 0 Å². The van der Waals surface area contributed by atoms with Crippen molar-refractivity contribution in [3.63, 3.8) is 0 Å². The Labute approximate surface area is 281 Å². The van der Waals surface area contributed by atoms with E-state index in [1.165, 1.54) is 43.4 Å². The van der Waals surface area contributed by atoms with Crippen LogP contribution in [0, 0.1) is 5.82 Å². The number of benzene rings is 2. The lowest BCUT2D eigenvalue weighted by atomic mass is 9.88. The summed E-state index contributed by atoms with van der Waals surface area (Å²) >= 11 is 0. The molecule has 1 saturated carbocycles. The Morgan fingerprint density at radius 2 is 1.67 bits per heavy atom. The van der Waals surface area contributed by atoms with Crippen molar-refractivity contribution in [2.24, 2.45) is 5.73 Å². The molecule has 0 bridgehead atoms. The zero-order valence-electron chi connectivity index (χ0n) is 28.1. The molecule has 5 N–H and O–H groups in total. The maximum atomic E-state index is 14.9. The highest BCUT2D eigenvalue weighted by Crippen LogP contribution is 2.33. The van der Waals surface area contributed by atoms with Crippen LogP contribution in [-0.2, 0) is 5.60 Å². The van der Waals surface area contributed by atoms with Crippen molar-refractivity contribution >= 4 is 29.3 Å². The average Bonchev–Trinajstić information content (AvgIpc) is 3.61. The summed E-state index contributed by atoms with van der Waals surface area (Å²) in [6.45, 7) is 7.97. The van der Waals surface area contributed by atoms with Gasteiger partial charge in [0.15, 0.2) is 11.5 Å². The Bertz CT molecular complexity index is 1610. The maximum Gasteiger partial charge on any atom is 0.273 e. The molecule has 2 aliphatic heterocycles. The molecule has 2 amide bonds. The number of aliphatic hydroxyl groups is 1. The summed E-state index contributed by atoms with van der Waals surface area (Å²) in [4.78, 5) is 34.7. The number of hydrogen-bond acceptors (Lipinski definition) is 9. The van der Waals surface area contributed by atoms with E-state index in [0.717, 1.165) is 44.1 Å². The minimum Gasteiger partial charge on any atom is -0.386 e. The minimum atomic E-state index is -1.23. The van der Waals surface area contributed by atoms with Crippen LogP contribution in [0.25, 0.3) is 0 Å². The first-order valence-corrected chi connectivity index (χ1v) is 17.2. The summed E-state index contributed by atoms with van der Waals surface area (Å²) in [5.41, 5.74) is 6.71. The summed E-state index contributed by atoms with van der Waals surface area (Å²) in [7, 11) is 0. The Hall–Kier alpha value is -4.16. The predicted molar refractivity (Wildman–Crippen MR) is 183 cm³/mol. The van der Waals surface area contributed by atoms with Crippen molar-refractivity contribution in [3.8, 4) is 0 Å². The number of nitrogens with two attached hydrogens (primary N) is 1. The molecule has 3 heterocycles. The fraction of sp³-hybridized carbons (Fsp3) is 0.528. The van der Waals surface area contributed by atoms with Gasteiger partial charge in [0.2, 0.25) is 5.95 Å². The number of amides is 2. The number of nitrogens with one attached hydrogen (secondary N) is 2. The second-order valence-corrected chi connectivity index (χ2v) is 14.1. The number of hydrogen-bond donors (Lipinski definition) is 4. The average molecular weight is 659 g/mol. The second kappa shape index (κ2) is 14.1. The van der Waals surface area contributed by atoms with E-state index in [1.54, 1.807) is 19.9 Å². The number of carbonyl (C=O) groups excluding carboxylic acids is 2. The third-order valence-corrected chi connectivity index (χ3v) is 10.4. The summed E-state index contributed by atoms with van der Waals surface area (Å²) in [5, 5.41) is 24.8. The van der Waals surface area contributed by atoms with Gasteiger partial charge in [-0.1, -0.05) is 31.0 Å². The van der Waals surface area contributed by atoms with Crippen molar-refractivity contribution in [1.29, 1.82) is 0 Å². The highest BCUT2D eigenvalue weighted by molar-refractivity contribution is 5.96. The molecule has 3 aliphatic rings. The summed E-state index contributed by atoms with van der Waals surface area (Å²) in [6.07, 6.45) is 9.12. The molecule has 12 heteroatoms. The van der Waals surface area contributed by atoms with E-state index in [4.69, 9.17) is 5.73 Å². The number of nitrogens with zero attached hydrogens (tertiary/aromatic N) is 5. The lowest BCUT2D eigenvalue weighted by Crippen LogP contribution is -2.54. The molecule has 256 valence electrons. The number of likely N-dealkylation sites (tertiary alicyclic amines) is 1. The predicted octanol–water partition coefficient (Wildman–Crippen LogP) is 4.99. The van der Waals surface area contributed by atoms with Gasteiger partial charge in [0.1, 0.15) is 5.82 Å². The van der Waals surface area contributed by atoms with Gasteiger partial charge in [0.05, 0.1) is 11.2 Å². The molecule has 1 aliphatic carbocycles. The minimum absolute atomic E-state index is 0.0680. The SMILES string of the molecule is C[C@@H]1[C@H](NC(=O)c2ccc(C(C)(C)O)cc2F)CCCN1c1nnc(C(N)=O)c(Nc2ccc(C3CCN(C4CCCC4)CC3)cc2)n1. The van der Waals surface area contributed by atoms with E-state index in [2.05, 4.69) is 42.8 Å². The molecule has 0 unspecified atom stereocenters. The van der Waals surface area contributed by atoms with Crippen LogP contribution in [0.1, 0.15) is 110 Å². The first kappa shape index (κ1) is 33.7. The van der Waals surface area contributed by atoms with Gasteiger partial charge in [-0.2, -0.15) is 4.98 Å². The third kappa shape index (κ3) is 7.44. The first-order valence-electron chi connectivity index (χ1n) is 17.2. The highest BCUT2D eigenvalue weighted by atomic mass is 19.1. The highest BCUT2D eigenvalue weighted by Gasteiger charge is 2.33. The molecular formula is C36H47FN8O3.